The van der Waals surface area contributed by atoms with Gasteiger partial charge in [0.2, 0.25) is 0 Å². The van der Waals surface area contributed by atoms with E-state index in [-0.39, 0.29) is 16.5 Å². The van der Waals surface area contributed by atoms with Crippen molar-refractivity contribution in [2.75, 3.05) is 18.9 Å². The molecule has 1 amide bonds. The van der Waals surface area contributed by atoms with Gasteiger partial charge >= 0.3 is 0 Å². The van der Waals surface area contributed by atoms with Gasteiger partial charge in [-0.15, -0.1) is 0 Å². The molecule has 33 heavy (non-hydrogen) atoms. The van der Waals surface area contributed by atoms with Crippen LogP contribution in [0, 0.1) is 0 Å². The van der Waals surface area contributed by atoms with Gasteiger partial charge < -0.3 is 10.2 Å². The van der Waals surface area contributed by atoms with Gasteiger partial charge in [0, 0.05) is 20.1 Å². The minimum atomic E-state index is -0.122. The molecule has 0 saturated heterocycles. The maximum Gasteiger partial charge on any atom is 0.256 e. The van der Waals surface area contributed by atoms with Crippen molar-refractivity contribution >= 4 is 46.4 Å². The average Bonchev–Trinajstić information content (AvgIpc) is 2.78. The van der Waals surface area contributed by atoms with E-state index in [4.69, 9.17) is 34.8 Å². The average molecular weight is 505 g/mol. The molecular formula is C26H28Cl3N3O. The number of benzene rings is 2. The van der Waals surface area contributed by atoms with Crippen LogP contribution in [0.4, 0.5) is 5.69 Å². The summed E-state index contributed by atoms with van der Waals surface area (Å²) in [4.78, 5) is 19.5. The summed E-state index contributed by atoms with van der Waals surface area (Å²) >= 11 is 18.3. The second kappa shape index (κ2) is 10.8. The Morgan fingerprint density at radius 1 is 0.970 bits per heavy atom. The van der Waals surface area contributed by atoms with Crippen molar-refractivity contribution in [3.63, 3.8) is 0 Å². The number of amides is 1. The molecule has 0 aliphatic carbocycles. The molecule has 0 unspecified atom stereocenters. The number of anilines is 1. The van der Waals surface area contributed by atoms with Gasteiger partial charge in [0.15, 0.2) is 0 Å². The molecule has 0 aliphatic heterocycles. The molecule has 1 aromatic heterocycles. The highest BCUT2D eigenvalue weighted by Crippen LogP contribution is 2.26. The Hall–Kier alpha value is -2.27. The fourth-order valence-corrected chi connectivity index (χ4v) is 4.00. The highest BCUT2D eigenvalue weighted by Gasteiger charge is 2.21. The van der Waals surface area contributed by atoms with E-state index in [1.54, 1.807) is 25.4 Å². The highest BCUT2D eigenvalue weighted by atomic mass is 35.5. The number of aromatic nitrogens is 1. The number of carbonyl (C=O) groups is 1. The minimum Gasteiger partial charge on any atom is -0.386 e. The summed E-state index contributed by atoms with van der Waals surface area (Å²) in [7, 11) is 1.76. The van der Waals surface area contributed by atoms with Crippen LogP contribution in [0.3, 0.4) is 0 Å². The molecule has 1 heterocycles. The van der Waals surface area contributed by atoms with E-state index in [0.29, 0.717) is 40.8 Å². The molecule has 3 aromatic rings. The van der Waals surface area contributed by atoms with Crippen LogP contribution in [-0.4, -0.2) is 29.4 Å². The number of nitrogens with zero attached hydrogens (tertiary/aromatic N) is 2. The number of rotatable bonds is 7. The number of halogens is 3. The lowest BCUT2D eigenvalue weighted by atomic mass is 9.87. The first-order valence-corrected chi connectivity index (χ1v) is 11.9. The van der Waals surface area contributed by atoms with Gasteiger partial charge in [0.05, 0.1) is 27.5 Å². The topological polar surface area (TPSA) is 45.2 Å². The van der Waals surface area contributed by atoms with Crippen LogP contribution in [0.1, 0.15) is 47.8 Å². The summed E-state index contributed by atoms with van der Waals surface area (Å²) in [5.41, 5.74) is 4.49. The Morgan fingerprint density at radius 3 is 2.24 bits per heavy atom. The lowest BCUT2D eigenvalue weighted by Crippen LogP contribution is -2.33. The lowest BCUT2D eigenvalue weighted by Gasteiger charge is -2.25. The largest absolute Gasteiger partial charge is 0.386 e. The maximum atomic E-state index is 13.6. The van der Waals surface area contributed by atoms with Gasteiger partial charge in [-0.3, -0.25) is 4.79 Å². The Labute approximate surface area is 210 Å². The quantitative estimate of drug-likeness (QED) is 0.344. The van der Waals surface area contributed by atoms with Gasteiger partial charge in [-0.1, -0.05) is 85.9 Å². The van der Waals surface area contributed by atoms with Crippen LogP contribution in [0.2, 0.25) is 15.2 Å². The first-order chi connectivity index (χ1) is 15.6. The zero-order chi connectivity index (χ0) is 24.2. The summed E-state index contributed by atoms with van der Waals surface area (Å²) in [6.45, 7) is 7.51. The second-order valence-electron chi connectivity index (χ2n) is 8.97. The molecule has 0 fully saturated rings. The molecule has 0 bridgehead atoms. The van der Waals surface area contributed by atoms with Gasteiger partial charge in [0.1, 0.15) is 5.15 Å². The predicted octanol–water partition coefficient (Wildman–Crippen LogP) is 7.27. The van der Waals surface area contributed by atoms with Crippen molar-refractivity contribution in [2.45, 2.75) is 39.2 Å². The fraction of sp³-hybridized carbons (Fsp3) is 0.308. The summed E-state index contributed by atoms with van der Waals surface area (Å²) < 4.78 is 0. The third kappa shape index (κ3) is 6.63. The van der Waals surface area contributed by atoms with Gasteiger partial charge in [-0.05, 0) is 46.7 Å². The molecule has 4 nitrogen and oxygen atoms in total. The molecule has 1 N–H and O–H groups in total. The minimum absolute atomic E-state index is 0.0668. The van der Waals surface area contributed by atoms with Crippen molar-refractivity contribution in [1.82, 2.24) is 9.88 Å². The van der Waals surface area contributed by atoms with Crippen molar-refractivity contribution in [1.29, 1.82) is 0 Å². The van der Waals surface area contributed by atoms with Crippen LogP contribution < -0.4 is 5.32 Å². The van der Waals surface area contributed by atoms with Gasteiger partial charge in [-0.25, -0.2) is 4.98 Å². The second-order valence-corrected chi connectivity index (χ2v) is 10.2. The van der Waals surface area contributed by atoms with E-state index in [1.807, 2.05) is 17.0 Å². The number of pyridine rings is 1. The number of hydrogen-bond acceptors (Lipinski definition) is 3. The van der Waals surface area contributed by atoms with Crippen LogP contribution in [0.15, 0.2) is 54.7 Å². The Balaban J connectivity index is 1.89. The SMILES string of the molecule is CNc1cnc(Cl)cc1C(=O)N(CCc1ccc(Cl)c(Cl)c1)Cc1ccc(C(C)(C)C)cc1. The normalized spacial score (nSPS) is 11.4. The van der Waals surface area contributed by atoms with E-state index in [2.05, 4.69) is 55.3 Å². The highest BCUT2D eigenvalue weighted by molar-refractivity contribution is 6.42. The van der Waals surface area contributed by atoms with Crippen molar-refractivity contribution in [3.05, 3.63) is 92.2 Å². The molecule has 0 radical (unpaired) electrons. The first kappa shape index (κ1) is 25.4. The molecule has 0 atom stereocenters. The van der Waals surface area contributed by atoms with Crippen molar-refractivity contribution in [3.8, 4) is 0 Å². The molecule has 0 aliphatic rings. The monoisotopic (exact) mass is 503 g/mol. The van der Waals surface area contributed by atoms with E-state index >= 15 is 0 Å². The number of nitrogens with one attached hydrogen (secondary N) is 1. The predicted molar refractivity (Wildman–Crippen MR) is 139 cm³/mol. The molecule has 7 heteroatoms. The molecule has 3 rings (SSSR count). The molecule has 2 aromatic carbocycles. The van der Waals surface area contributed by atoms with Gasteiger partial charge in [-0.2, -0.15) is 0 Å². The van der Waals surface area contributed by atoms with Crippen molar-refractivity contribution in [2.24, 2.45) is 0 Å². The first-order valence-electron chi connectivity index (χ1n) is 10.7. The van der Waals surface area contributed by atoms with Crippen LogP contribution in [0.25, 0.3) is 0 Å². The van der Waals surface area contributed by atoms with Gasteiger partial charge in [0.25, 0.3) is 5.91 Å². The zero-order valence-corrected chi connectivity index (χ0v) is 21.5. The smallest absolute Gasteiger partial charge is 0.256 e. The van der Waals surface area contributed by atoms with Crippen molar-refractivity contribution < 1.29 is 4.79 Å². The number of carbonyl (C=O) groups excluding carboxylic acids is 1. The molecule has 0 saturated carbocycles. The number of hydrogen-bond donors (Lipinski definition) is 1. The Kier molecular flexibility index (Phi) is 8.28. The lowest BCUT2D eigenvalue weighted by molar-refractivity contribution is 0.0746. The van der Waals surface area contributed by atoms with E-state index < -0.39 is 0 Å². The molecular weight excluding hydrogens is 477 g/mol. The molecule has 0 spiro atoms. The zero-order valence-electron chi connectivity index (χ0n) is 19.3. The standard InChI is InChI=1S/C26H28Cl3N3O/c1-26(2,3)19-8-5-18(6-9-19)16-32(12-11-17-7-10-21(27)22(28)13-17)25(33)20-14-24(29)31-15-23(20)30-4/h5-10,13-15,30H,11-12,16H2,1-4H3. The summed E-state index contributed by atoms with van der Waals surface area (Å²) in [6, 6.07) is 15.6. The summed E-state index contributed by atoms with van der Waals surface area (Å²) in [5, 5.41) is 4.32. The Morgan fingerprint density at radius 2 is 1.64 bits per heavy atom. The van der Waals surface area contributed by atoms with E-state index in [1.165, 1.54) is 5.56 Å². The molecule has 174 valence electrons. The van der Waals surface area contributed by atoms with Crippen LogP contribution >= 0.6 is 34.8 Å². The fourth-order valence-electron chi connectivity index (χ4n) is 3.52. The summed E-state index contributed by atoms with van der Waals surface area (Å²) in [5.74, 6) is -0.122. The third-order valence-electron chi connectivity index (χ3n) is 5.51. The van der Waals surface area contributed by atoms with Crippen LogP contribution in [-0.2, 0) is 18.4 Å². The Bertz CT molecular complexity index is 1120. The maximum absolute atomic E-state index is 13.6. The van der Waals surface area contributed by atoms with Crippen LogP contribution in [0.5, 0.6) is 0 Å². The van der Waals surface area contributed by atoms with E-state index in [9.17, 15) is 4.79 Å². The third-order valence-corrected chi connectivity index (χ3v) is 6.45. The summed E-state index contributed by atoms with van der Waals surface area (Å²) in [6.07, 6.45) is 2.21. The van der Waals surface area contributed by atoms with E-state index in [0.717, 1.165) is 11.1 Å².